The topological polar surface area (TPSA) is 71.1 Å². The average molecular weight is 381 g/mol. The van der Waals surface area contributed by atoms with Crippen LogP contribution in [-0.4, -0.2) is 16.8 Å². The molecule has 5 nitrogen and oxygen atoms in total. The molecule has 7 heteroatoms. The van der Waals surface area contributed by atoms with Crippen molar-refractivity contribution in [2.24, 2.45) is 0 Å². The number of carbonyl (C=O) groups excluding carboxylic acids is 2. The lowest BCUT2D eigenvalue weighted by Crippen LogP contribution is -2.17. The number of amides is 2. The van der Waals surface area contributed by atoms with Crippen LogP contribution in [0.3, 0.4) is 0 Å². The molecule has 0 bridgehead atoms. The minimum atomic E-state index is -0.898. The van der Waals surface area contributed by atoms with Gasteiger partial charge in [0, 0.05) is 18.1 Å². The number of para-hydroxylation sites is 1. The van der Waals surface area contributed by atoms with Crippen molar-refractivity contribution in [1.82, 2.24) is 4.98 Å². The number of hydrogen-bond donors (Lipinski definition) is 2. The number of hydrogen-bond acceptors (Lipinski definition) is 3. The third-order valence-electron chi connectivity index (χ3n) is 4.11. The number of halogens is 2. The van der Waals surface area contributed by atoms with Crippen LogP contribution in [0.1, 0.15) is 31.8 Å². The van der Waals surface area contributed by atoms with E-state index in [1.165, 1.54) is 24.5 Å². The van der Waals surface area contributed by atoms with Crippen LogP contribution in [0, 0.1) is 25.5 Å². The second-order valence-corrected chi connectivity index (χ2v) is 6.29. The summed E-state index contributed by atoms with van der Waals surface area (Å²) in [5, 5.41) is 4.94. The van der Waals surface area contributed by atoms with E-state index < -0.39 is 29.1 Å². The summed E-state index contributed by atoms with van der Waals surface area (Å²) in [6, 6.07) is 10.2. The quantitative estimate of drug-likeness (QED) is 0.700. The summed E-state index contributed by atoms with van der Waals surface area (Å²) in [6.45, 7) is 3.77. The fourth-order valence-corrected chi connectivity index (χ4v) is 2.56. The van der Waals surface area contributed by atoms with Gasteiger partial charge >= 0.3 is 0 Å². The Morgan fingerprint density at radius 1 is 0.857 bits per heavy atom. The van der Waals surface area contributed by atoms with Crippen LogP contribution in [0.25, 0.3) is 0 Å². The van der Waals surface area contributed by atoms with Gasteiger partial charge in [-0.3, -0.25) is 14.6 Å². The maximum Gasteiger partial charge on any atom is 0.257 e. The molecule has 2 amide bonds. The van der Waals surface area contributed by atoms with Crippen molar-refractivity contribution in [3.63, 3.8) is 0 Å². The summed E-state index contributed by atoms with van der Waals surface area (Å²) < 4.78 is 27.4. The Morgan fingerprint density at radius 3 is 2.11 bits per heavy atom. The number of pyridine rings is 1. The van der Waals surface area contributed by atoms with Gasteiger partial charge in [-0.25, -0.2) is 8.78 Å². The van der Waals surface area contributed by atoms with Gasteiger partial charge in [-0.1, -0.05) is 18.2 Å². The number of nitrogens with one attached hydrogen (secondary N) is 2. The Morgan fingerprint density at radius 2 is 1.46 bits per heavy atom. The molecule has 1 aromatic heterocycles. The van der Waals surface area contributed by atoms with Gasteiger partial charge < -0.3 is 10.6 Å². The molecule has 28 heavy (non-hydrogen) atoms. The molecule has 2 N–H and O–H groups in total. The van der Waals surface area contributed by atoms with E-state index in [9.17, 15) is 18.4 Å². The van der Waals surface area contributed by atoms with Crippen LogP contribution in [0.15, 0.2) is 54.9 Å². The van der Waals surface area contributed by atoms with Crippen molar-refractivity contribution in [2.45, 2.75) is 13.8 Å². The molecule has 0 saturated carbocycles. The second-order valence-electron chi connectivity index (χ2n) is 6.29. The number of carbonyl (C=O) groups is 2. The Labute approximate surface area is 160 Å². The molecule has 0 unspecified atom stereocenters. The summed E-state index contributed by atoms with van der Waals surface area (Å²) in [7, 11) is 0. The lowest BCUT2D eigenvalue weighted by atomic mass is 10.1. The molecule has 0 spiro atoms. The molecule has 0 radical (unpaired) electrons. The summed E-state index contributed by atoms with van der Waals surface area (Å²) in [5.41, 5.74) is 2.10. The zero-order valence-electron chi connectivity index (χ0n) is 15.2. The van der Waals surface area contributed by atoms with Crippen LogP contribution in [0.5, 0.6) is 0 Å². The van der Waals surface area contributed by atoms with Gasteiger partial charge in [0.2, 0.25) is 0 Å². The first-order valence-corrected chi connectivity index (χ1v) is 8.44. The molecule has 1 heterocycles. The van der Waals surface area contributed by atoms with Crippen molar-refractivity contribution < 1.29 is 18.4 Å². The van der Waals surface area contributed by atoms with Gasteiger partial charge in [-0.2, -0.15) is 0 Å². The van der Waals surface area contributed by atoms with E-state index in [0.29, 0.717) is 5.69 Å². The van der Waals surface area contributed by atoms with E-state index in [1.807, 2.05) is 32.0 Å². The number of benzene rings is 2. The number of aromatic nitrogens is 1. The van der Waals surface area contributed by atoms with E-state index in [4.69, 9.17) is 0 Å². The second kappa shape index (κ2) is 7.96. The lowest BCUT2D eigenvalue weighted by Gasteiger charge is -2.10. The van der Waals surface area contributed by atoms with Crippen molar-refractivity contribution in [2.75, 3.05) is 10.6 Å². The van der Waals surface area contributed by atoms with Crippen LogP contribution in [0.2, 0.25) is 0 Å². The van der Waals surface area contributed by atoms with Crippen molar-refractivity contribution in [3.8, 4) is 0 Å². The average Bonchev–Trinajstić information content (AvgIpc) is 2.67. The highest BCUT2D eigenvalue weighted by atomic mass is 19.1. The largest absolute Gasteiger partial charge is 0.322 e. The standard InChI is InChI=1S/C21H17F2N3O2/c1-12-6-7-13(2)18(8-12)25-20(27)14-9-15(11-24-10-14)21(28)26-19-16(22)4-3-5-17(19)23/h3-11H,1-2H3,(H,25,27)(H,26,28). The molecular formula is C21H17F2N3O2. The monoisotopic (exact) mass is 381 g/mol. The van der Waals surface area contributed by atoms with Gasteiger partial charge in [0.1, 0.15) is 17.3 Å². The molecule has 142 valence electrons. The first-order valence-electron chi connectivity index (χ1n) is 8.44. The molecule has 0 aliphatic heterocycles. The molecule has 3 aromatic rings. The molecule has 3 rings (SSSR count). The molecule has 0 saturated heterocycles. The van der Waals surface area contributed by atoms with Gasteiger partial charge in [0.05, 0.1) is 11.1 Å². The highest BCUT2D eigenvalue weighted by Crippen LogP contribution is 2.20. The zero-order valence-corrected chi connectivity index (χ0v) is 15.2. The number of rotatable bonds is 4. The fourth-order valence-electron chi connectivity index (χ4n) is 2.56. The third kappa shape index (κ3) is 4.20. The van der Waals surface area contributed by atoms with E-state index in [2.05, 4.69) is 15.6 Å². The Bertz CT molecular complexity index is 1050. The molecule has 0 aliphatic carbocycles. The zero-order chi connectivity index (χ0) is 20.3. The first kappa shape index (κ1) is 19.2. The number of anilines is 2. The van der Waals surface area contributed by atoms with Gasteiger partial charge in [0.25, 0.3) is 11.8 Å². The summed E-state index contributed by atoms with van der Waals surface area (Å²) >= 11 is 0. The van der Waals surface area contributed by atoms with Gasteiger partial charge in [0.15, 0.2) is 0 Å². The third-order valence-corrected chi connectivity index (χ3v) is 4.11. The van der Waals surface area contributed by atoms with Crippen LogP contribution in [-0.2, 0) is 0 Å². The maximum absolute atomic E-state index is 13.7. The summed E-state index contributed by atoms with van der Waals surface area (Å²) in [6.07, 6.45) is 2.52. The van der Waals surface area contributed by atoms with Crippen LogP contribution < -0.4 is 10.6 Å². The molecule has 0 fully saturated rings. The van der Waals surface area contributed by atoms with E-state index in [0.717, 1.165) is 23.3 Å². The van der Waals surface area contributed by atoms with E-state index in [1.54, 1.807) is 0 Å². The Hall–Kier alpha value is -3.61. The predicted octanol–water partition coefficient (Wildman–Crippen LogP) is 4.48. The highest BCUT2D eigenvalue weighted by molar-refractivity contribution is 6.08. The van der Waals surface area contributed by atoms with Crippen LogP contribution >= 0.6 is 0 Å². The first-order chi connectivity index (χ1) is 13.3. The Balaban J connectivity index is 1.80. The highest BCUT2D eigenvalue weighted by Gasteiger charge is 2.16. The SMILES string of the molecule is Cc1ccc(C)c(NC(=O)c2cncc(C(=O)Nc3c(F)cccc3F)c2)c1. The maximum atomic E-state index is 13.7. The summed E-state index contributed by atoms with van der Waals surface area (Å²) in [4.78, 5) is 28.7. The molecular weight excluding hydrogens is 364 g/mol. The van der Waals surface area contributed by atoms with Gasteiger partial charge in [-0.15, -0.1) is 0 Å². The number of aryl methyl sites for hydroxylation is 2. The fraction of sp³-hybridized carbons (Fsp3) is 0.0952. The molecule has 2 aromatic carbocycles. The summed E-state index contributed by atoms with van der Waals surface area (Å²) in [5.74, 6) is -3.03. The van der Waals surface area contributed by atoms with Gasteiger partial charge in [-0.05, 0) is 49.2 Å². The van der Waals surface area contributed by atoms with Crippen molar-refractivity contribution >= 4 is 23.2 Å². The smallest absolute Gasteiger partial charge is 0.257 e. The normalized spacial score (nSPS) is 10.4. The van der Waals surface area contributed by atoms with Crippen LogP contribution in [0.4, 0.5) is 20.2 Å². The van der Waals surface area contributed by atoms with Crippen molar-refractivity contribution in [1.29, 1.82) is 0 Å². The lowest BCUT2D eigenvalue weighted by molar-refractivity contribution is 0.102. The minimum Gasteiger partial charge on any atom is -0.322 e. The van der Waals surface area contributed by atoms with E-state index in [-0.39, 0.29) is 11.1 Å². The van der Waals surface area contributed by atoms with Crippen molar-refractivity contribution in [3.05, 3.63) is 88.7 Å². The minimum absolute atomic E-state index is 0.00346. The Kier molecular flexibility index (Phi) is 5.44. The molecule has 0 aliphatic rings. The van der Waals surface area contributed by atoms with E-state index >= 15 is 0 Å². The predicted molar refractivity (Wildman–Crippen MR) is 102 cm³/mol. The molecule has 0 atom stereocenters. The number of nitrogens with zero attached hydrogens (tertiary/aromatic N) is 1.